The summed E-state index contributed by atoms with van der Waals surface area (Å²) in [6.07, 6.45) is 0.197. The normalized spacial score (nSPS) is 18.1. The summed E-state index contributed by atoms with van der Waals surface area (Å²) in [5.41, 5.74) is 5.92. The SMILES string of the molecule is CC(C)N1CC(C(=O)Nc2ccccc2C(N)=O)CC1=O. The van der Waals surface area contributed by atoms with Gasteiger partial charge < -0.3 is 16.0 Å². The monoisotopic (exact) mass is 289 g/mol. The topological polar surface area (TPSA) is 92.5 Å². The average Bonchev–Trinajstić information content (AvgIpc) is 2.81. The fraction of sp³-hybridized carbons (Fsp3) is 0.400. The van der Waals surface area contributed by atoms with Crippen molar-refractivity contribution in [2.24, 2.45) is 11.7 Å². The van der Waals surface area contributed by atoms with Crippen molar-refractivity contribution in [3.05, 3.63) is 29.8 Å². The second-order valence-electron chi connectivity index (χ2n) is 5.44. The van der Waals surface area contributed by atoms with E-state index < -0.39 is 11.8 Å². The van der Waals surface area contributed by atoms with E-state index in [1.54, 1.807) is 29.2 Å². The fourth-order valence-electron chi connectivity index (χ4n) is 2.45. The van der Waals surface area contributed by atoms with Crippen molar-refractivity contribution in [1.29, 1.82) is 0 Å². The van der Waals surface area contributed by atoms with E-state index >= 15 is 0 Å². The highest BCUT2D eigenvalue weighted by Gasteiger charge is 2.35. The standard InChI is InChI=1S/C15H19N3O3/c1-9(2)18-8-10(7-13(18)19)15(21)17-12-6-4-3-5-11(12)14(16)20/h3-6,9-10H,7-8H2,1-2H3,(H2,16,20)(H,17,21). The van der Waals surface area contributed by atoms with E-state index in [2.05, 4.69) is 5.32 Å². The van der Waals surface area contributed by atoms with E-state index in [9.17, 15) is 14.4 Å². The lowest BCUT2D eigenvalue weighted by Gasteiger charge is -2.20. The van der Waals surface area contributed by atoms with Crippen LogP contribution in [0.5, 0.6) is 0 Å². The van der Waals surface area contributed by atoms with Crippen LogP contribution in [-0.2, 0) is 9.59 Å². The molecule has 21 heavy (non-hydrogen) atoms. The van der Waals surface area contributed by atoms with Gasteiger partial charge in [0.15, 0.2) is 0 Å². The molecule has 1 fully saturated rings. The van der Waals surface area contributed by atoms with Gasteiger partial charge in [0.05, 0.1) is 17.2 Å². The Hall–Kier alpha value is -2.37. The first-order valence-corrected chi connectivity index (χ1v) is 6.89. The first kappa shape index (κ1) is 15.0. The molecule has 0 radical (unpaired) electrons. The lowest BCUT2D eigenvalue weighted by molar-refractivity contribution is -0.129. The molecule has 1 aliphatic rings. The molecule has 1 aromatic rings. The number of primary amides is 1. The molecule has 1 aromatic carbocycles. The zero-order valence-corrected chi connectivity index (χ0v) is 12.1. The Labute approximate surface area is 123 Å². The quantitative estimate of drug-likeness (QED) is 0.865. The average molecular weight is 289 g/mol. The largest absolute Gasteiger partial charge is 0.366 e. The molecule has 1 heterocycles. The molecule has 3 amide bonds. The lowest BCUT2D eigenvalue weighted by atomic mass is 10.1. The maximum Gasteiger partial charge on any atom is 0.250 e. The Kier molecular flexibility index (Phi) is 4.26. The van der Waals surface area contributed by atoms with Crippen LogP contribution < -0.4 is 11.1 Å². The number of nitrogens with zero attached hydrogens (tertiary/aromatic N) is 1. The maximum absolute atomic E-state index is 12.3. The van der Waals surface area contributed by atoms with Crippen LogP contribution in [0.3, 0.4) is 0 Å². The van der Waals surface area contributed by atoms with Gasteiger partial charge in [0, 0.05) is 19.0 Å². The number of carbonyl (C=O) groups is 3. The number of likely N-dealkylation sites (tertiary alicyclic amines) is 1. The molecule has 0 saturated carbocycles. The highest BCUT2D eigenvalue weighted by atomic mass is 16.2. The number of hydrogen-bond acceptors (Lipinski definition) is 3. The minimum atomic E-state index is -0.600. The van der Waals surface area contributed by atoms with Crippen molar-refractivity contribution in [3.63, 3.8) is 0 Å². The van der Waals surface area contributed by atoms with Crippen LogP contribution in [-0.4, -0.2) is 35.2 Å². The number of anilines is 1. The number of carbonyl (C=O) groups excluding carboxylic acids is 3. The Morgan fingerprint density at radius 1 is 1.33 bits per heavy atom. The van der Waals surface area contributed by atoms with Gasteiger partial charge in [-0.3, -0.25) is 14.4 Å². The summed E-state index contributed by atoms with van der Waals surface area (Å²) in [5.74, 6) is -1.29. The van der Waals surface area contributed by atoms with Crippen molar-refractivity contribution < 1.29 is 14.4 Å². The first-order chi connectivity index (χ1) is 9.90. The minimum Gasteiger partial charge on any atom is -0.366 e. The van der Waals surface area contributed by atoms with Gasteiger partial charge in [0.1, 0.15) is 0 Å². The van der Waals surface area contributed by atoms with Crippen LogP contribution in [0, 0.1) is 5.92 Å². The molecule has 2 rings (SSSR count). The number of hydrogen-bond donors (Lipinski definition) is 2. The summed E-state index contributed by atoms with van der Waals surface area (Å²) in [6.45, 7) is 4.24. The molecule has 6 nitrogen and oxygen atoms in total. The van der Waals surface area contributed by atoms with Crippen LogP contribution in [0.1, 0.15) is 30.6 Å². The van der Waals surface area contributed by atoms with Gasteiger partial charge in [-0.2, -0.15) is 0 Å². The predicted octanol–water partition coefficient (Wildman–Crippen LogP) is 0.981. The minimum absolute atomic E-state index is 0.0201. The van der Waals surface area contributed by atoms with Gasteiger partial charge in [0.2, 0.25) is 11.8 Å². The van der Waals surface area contributed by atoms with E-state index in [0.717, 1.165) is 0 Å². The first-order valence-electron chi connectivity index (χ1n) is 6.89. The summed E-state index contributed by atoms with van der Waals surface area (Å²) in [5, 5.41) is 2.70. The zero-order valence-electron chi connectivity index (χ0n) is 12.1. The van der Waals surface area contributed by atoms with E-state index in [4.69, 9.17) is 5.73 Å². The third-order valence-electron chi connectivity index (χ3n) is 3.60. The van der Waals surface area contributed by atoms with Crippen molar-refractivity contribution in [2.45, 2.75) is 26.3 Å². The van der Waals surface area contributed by atoms with Gasteiger partial charge in [-0.15, -0.1) is 0 Å². The van der Waals surface area contributed by atoms with Gasteiger partial charge in [-0.05, 0) is 26.0 Å². The molecular weight excluding hydrogens is 270 g/mol. The van der Waals surface area contributed by atoms with Crippen LogP contribution >= 0.6 is 0 Å². The maximum atomic E-state index is 12.3. The summed E-state index contributed by atoms with van der Waals surface area (Å²) >= 11 is 0. The van der Waals surface area contributed by atoms with Crippen LogP contribution in [0.15, 0.2) is 24.3 Å². The molecule has 1 unspecified atom stereocenters. The number of para-hydroxylation sites is 1. The van der Waals surface area contributed by atoms with E-state index in [0.29, 0.717) is 12.2 Å². The smallest absolute Gasteiger partial charge is 0.250 e. The molecule has 1 saturated heterocycles. The fourth-order valence-corrected chi connectivity index (χ4v) is 2.45. The van der Waals surface area contributed by atoms with E-state index in [1.807, 2.05) is 13.8 Å². The summed E-state index contributed by atoms with van der Waals surface area (Å²) < 4.78 is 0. The molecule has 0 aliphatic carbocycles. The molecular formula is C15H19N3O3. The van der Waals surface area contributed by atoms with Gasteiger partial charge in [-0.1, -0.05) is 12.1 Å². The third kappa shape index (κ3) is 3.21. The van der Waals surface area contributed by atoms with Crippen molar-refractivity contribution in [2.75, 3.05) is 11.9 Å². The summed E-state index contributed by atoms with van der Waals surface area (Å²) in [7, 11) is 0. The molecule has 0 spiro atoms. The van der Waals surface area contributed by atoms with Crippen LogP contribution in [0.4, 0.5) is 5.69 Å². The van der Waals surface area contributed by atoms with Crippen LogP contribution in [0.25, 0.3) is 0 Å². The molecule has 1 aliphatic heterocycles. The number of nitrogens with one attached hydrogen (secondary N) is 1. The summed E-state index contributed by atoms with van der Waals surface area (Å²) in [4.78, 5) is 37.1. The second kappa shape index (κ2) is 5.95. The molecule has 0 bridgehead atoms. The van der Waals surface area contributed by atoms with E-state index in [-0.39, 0.29) is 29.8 Å². The third-order valence-corrected chi connectivity index (χ3v) is 3.60. The zero-order chi connectivity index (χ0) is 15.6. The number of amides is 3. The van der Waals surface area contributed by atoms with Crippen molar-refractivity contribution in [1.82, 2.24) is 4.90 Å². The van der Waals surface area contributed by atoms with Gasteiger partial charge >= 0.3 is 0 Å². The Bertz CT molecular complexity index is 583. The van der Waals surface area contributed by atoms with Crippen LogP contribution in [0.2, 0.25) is 0 Å². The Morgan fingerprint density at radius 3 is 2.57 bits per heavy atom. The molecule has 0 aromatic heterocycles. The number of rotatable bonds is 4. The lowest BCUT2D eigenvalue weighted by Crippen LogP contribution is -2.33. The number of nitrogens with two attached hydrogens (primary N) is 1. The number of benzene rings is 1. The Morgan fingerprint density at radius 2 is 2.00 bits per heavy atom. The molecule has 6 heteroatoms. The molecule has 3 N–H and O–H groups in total. The van der Waals surface area contributed by atoms with Crippen molar-refractivity contribution in [3.8, 4) is 0 Å². The predicted molar refractivity (Wildman–Crippen MR) is 78.5 cm³/mol. The highest BCUT2D eigenvalue weighted by Crippen LogP contribution is 2.23. The Balaban J connectivity index is 2.10. The molecule has 112 valence electrons. The van der Waals surface area contributed by atoms with Gasteiger partial charge in [-0.25, -0.2) is 0 Å². The highest BCUT2D eigenvalue weighted by molar-refractivity contribution is 6.04. The summed E-state index contributed by atoms with van der Waals surface area (Å²) in [6, 6.07) is 6.64. The second-order valence-corrected chi connectivity index (χ2v) is 5.44. The van der Waals surface area contributed by atoms with E-state index in [1.165, 1.54) is 0 Å². The van der Waals surface area contributed by atoms with Gasteiger partial charge in [0.25, 0.3) is 5.91 Å². The molecule has 1 atom stereocenters. The van der Waals surface area contributed by atoms with Crippen molar-refractivity contribution >= 4 is 23.4 Å².